The monoisotopic (exact) mass is 369 g/mol. The van der Waals surface area contributed by atoms with Crippen molar-refractivity contribution in [2.45, 2.75) is 18.9 Å². The molecule has 0 aliphatic carbocycles. The number of nitrogens with zero attached hydrogens (tertiary/aromatic N) is 2. The number of benzene rings is 2. The third-order valence-electron chi connectivity index (χ3n) is 4.59. The number of nitro benzene ring substituents is 1. The summed E-state index contributed by atoms with van der Waals surface area (Å²) in [5.74, 6) is -1.37. The summed E-state index contributed by atoms with van der Waals surface area (Å²) in [5.41, 5.74) is 1.83. The lowest BCUT2D eigenvalue weighted by atomic mass is 9.92. The fraction of sp³-hybridized carbons (Fsp3) is 0.263. The topological polar surface area (TPSA) is 113 Å². The van der Waals surface area contributed by atoms with Gasteiger partial charge in [-0.05, 0) is 23.6 Å². The molecule has 8 nitrogen and oxygen atoms in total. The molecule has 27 heavy (non-hydrogen) atoms. The van der Waals surface area contributed by atoms with E-state index >= 15 is 0 Å². The third-order valence-corrected chi connectivity index (χ3v) is 4.59. The average Bonchev–Trinajstić information content (AvgIpc) is 2.67. The second kappa shape index (κ2) is 7.86. The molecule has 0 saturated carbocycles. The van der Waals surface area contributed by atoms with Gasteiger partial charge in [0, 0.05) is 25.6 Å². The Morgan fingerprint density at radius 1 is 1.19 bits per heavy atom. The molecule has 1 unspecified atom stereocenters. The second-order valence-electron chi connectivity index (χ2n) is 6.23. The fourth-order valence-electron chi connectivity index (χ4n) is 3.33. The molecule has 2 aromatic rings. The molecule has 3 rings (SSSR count). The molecule has 0 saturated heterocycles. The molecule has 140 valence electrons. The van der Waals surface area contributed by atoms with Gasteiger partial charge in [-0.25, -0.2) is 4.79 Å². The third kappa shape index (κ3) is 3.89. The quantitative estimate of drug-likeness (QED) is 0.598. The van der Waals surface area contributed by atoms with E-state index in [1.807, 2.05) is 12.1 Å². The number of aliphatic carboxylic acids is 1. The van der Waals surface area contributed by atoms with Crippen molar-refractivity contribution in [2.24, 2.45) is 0 Å². The van der Waals surface area contributed by atoms with Crippen LogP contribution >= 0.6 is 0 Å². The van der Waals surface area contributed by atoms with Gasteiger partial charge in [-0.15, -0.1) is 0 Å². The molecular weight excluding hydrogens is 350 g/mol. The Labute approximate surface area is 155 Å². The van der Waals surface area contributed by atoms with E-state index in [2.05, 4.69) is 5.32 Å². The zero-order valence-electron chi connectivity index (χ0n) is 14.5. The largest absolute Gasteiger partial charge is 0.479 e. The van der Waals surface area contributed by atoms with Gasteiger partial charge in [-0.3, -0.25) is 14.9 Å². The second-order valence-corrected chi connectivity index (χ2v) is 6.23. The minimum atomic E-state index is -1.07. The smallest absolute Gasteiger partial charge is 0.331 e. The van der Waals surface area contributed by atoms with Gasteiger partial charge in [0.1, 0.15) is 5.69 Å². The number of para-hydroxylation sites is 2. The van der Waals surface area contributed by atoms with Crippen molar-refractivity contribution in [3.63, 3.8) is 0 Å². The molecule has 0 spiro atoms. The number of amides is 1. The van der Waals surface area contributed by atoms with Crippen LogP contribution in [0.2, 0.25) is 0 Å². The maximum Gasteiger partial charge on any atom is 0.331 e. The van der Waals surface area contributed by atoms with E-state index in [4.69, 9.17) is 0 Å². The number of carbonyl (C=O) groups is 2. The summed E-state index contributed by atoms with van der Waals surface area (Å²) in [5, 5.41) is 23.5. The van der Waals surface area contributed by atoms with E-state index < -0.39 is 16.9 Å². The zero-order valence-corrected chi connectivity index (χ0v) is 14.5. The molecule has 1 atom stereocenters. The van der Waals surface area contributed by atoms with E-state index in [1.54, 1.807) is 30.3 Å². The first-order chi connectivity index (χ1) is 13.0. The van der Waals surface area contributed by atoms with Crippen molar-refractivity contribution < 1.29 is 19.6 Å². The van der Waals surface area contributed by atoms with E-state index in [0.717, 1.165) is 5.56 Å². The molecule has 1 heterocycles. The van der Waals surface area contributed by atoms with Gasteiger partial charge in [0.2, 0.25) is 5.91 Å². The van der Waals surface area contributed by atoms with Gasteiger partial charge in [-0.1, -0.05) is 36.4 Å². The number of rotatable bonds is 6. The number of carboxylic acids is 1. The number of carbonyl (C=O) groups excluding carboxylic acids is 1. The number of hydrogen-bond acceptors (Lipinski definition) is 5. The summed E-state index contributed by atoms with van der Waals surface area (Å²) in [6.45, 7) is 0.506. The van der Waals surface area contributed by atoms with Crippen molar-refractivity contribution in [2.75, 3.05) is 18.4 Å². The van der Waals surface area contributed by atoms with Gasteiger partial charge >= 0.3 is 5.97 Å². The first-order valence-electron chi connectivity index (χ1n) is 8.56. The summed E-state index contributed by atoms with van der Waals surface area (Å²) >= 11 is 0. The molecule has 0 fully saturated rings. The van der Waals surface area contributed by atoms with Crippen LogP contribution in [-0.2, 0) is 16.0 Å². The highest BCUT2D eigenvalue weighted by molar-refractivity contribution is 5.86. The average molecular weight is 369 g/mol. The number of anilines is 1. The first kappa shape index (κ1) is 18.4. The normalized spacial score (nSPS) is 15.7. The van der Waals surface area contributed by atoms with E-state index in [0.29, 0.717) is 24.2 Å². The summed E-state index contributed by atoms with van der Waals surface area (Å²) < 4.78 is 0. The molecule has 1 aliphatic rings. The lowest BCUT2D eigenvalue weighted by Gasteiger charge is -2.34. The van der Waals surface area contributed by atoms with Crippen LogP contribution in [0.1, 0.15) is 23.6 Å². The molecule has 2 aromatic carbocycles. The molecule has 8 heteroatoms. The van der Waals surface area contributed by atoms with Crippen LogP contribution in [0.3, 0.4) is 0 Å². The number of hydrogen-bond donors (Lipinski definition) is 2. The predicted molar refractivity (Wildman–Crippen MR) is 98.4 cm³/mol. The van der Waals surface area contributed by atoms with Crippen LogP contribution in [-0.4, -0.2) is 39.9 Å². The standard InChI is InChI=1S/C19H19N3O5/c23-17(9-11-20-15-7-3-4-8-16(15)22(26)27)21-12-10-13-5-1-2-6-14(13)18(21)19(24)25/h1-8,18,20H,9-12H2,(H,24,25). The lowest BCUT2D eigenvalue weighted by Crippen LogP contribution is -2.44. The van der Waals surface area contributed by atoms with Crippen LogP contribution in [0.4, 0.5) is 11.4 Å². The predicted octanol–water partition coefficient (Wildman–Crippen LogP) is 2.61. The van der Waals surface area contributed by atoms with Gasteiger partial charge < -0.3 is 15.3 Å². The molecule has 0 radical (unpaired) electrons. The van der Waals surface area contributed by atoms with Crippen LogP contribution in [0, 0.1) is 10.1 Å². The van der Waals surface area contributed by atoms with Crippen molar-refractivity contribution in [3.05, 3.63) is 69.8 Å². The van der Waals surface area contributed by atoms with E-state index in [9.17, 15) is 24.8 Å². The Morgan fingerprint density at radius 2 is 1.89 bits per heavy atom. The molecular formula is C19H19N3O5. The van der Waals surface area contributed by atoms with Crippen molar-refractivity contribution in [1.82, 2.24) is 4.90 Å². The highest BCUT2D eigenvalue weighted by atomic mass is 16.6. The first-order valence-corrected chi connectivity index (χ1v) is 8.56. The SMILES string of the molecule is O=C(O)C1c2ccccc2CCN1C(=O)CCNc1ccccc1[N+](=O)[O-]. The Morgan fingerprint density at radius 3 is 2.63 bits per heavy atom. The van der Waals surface area contributed by atoms with Gasteiger partial charge in [0.15, 0.2) is 6.04 Å². The lowest BCUT2D eigenvalue weighted by molar-refractivity contribution is -0.384. The number of carboxylic acid groups (broad SMARTS) is 1. The Kier molecular flexibility index (Phi) is 5.35. The molecule has 0 aromatic heterocycles. The number of nitrogens with one attached hydrogen (secondary N) is 1. The summed E-state index contributed by atoms with van der Waals surface area (Å²) in [7, 11) is 0. The van der Waals surface area contributed by atoms with E-state index in [1.165, 1.54) is 11.0 Å². The Hall–Kier alpha value is -3.42. The number of fused-ring (bicyclic) bond motifs is 1. The number of nitro groups is 1. The fourth-order valence-corrected chi connectivity index (χ4v) is 3.33. The minimum Gasteiger partial charge on any atom is -0.479 e. The van der Waals surface area contributed by atoms with E-state index in [-0.39, 0.29) is 24.6 Å². The van der Waals surface area contributed by atoms with Crippen LogP contribution in [0.25, 0.3) is 0 Å². The molecule has 0 bridgehead atoms. The van der Waals surface area contributed by atoms with Gasteiger partial charge in [-0.2, -0.15) is 0 Å². The Bertz CT molecular complexity index is 883. The molecule has 1 amide bonds. The van der Waals surface area contributed by atoms with Crippen molar-refractivity contribution >= 4 is 23.3 Å². The summed E-state index contributed by atoms with van der Waals surface area (Å²) in [6.07, 6.45) is 0.640. The Balaban J connectivity index is 1.68. The van der Waals surface area contributed by atoms with Crippen molar-refractivity contribution in [1.29, 1.82) is 0 Å². The molecule has 2 N–H and O–H groups in total. The highest BCUT2D eigenvalue weighted by Gasteiger charge is 2.35. The van der Waals surface area contributed by atoms with Crippen LogP contribution in [0.5, 0.6) is 0 Å². The van der Waals surface area contributed by atoms with Crippen LogP contribution in [0.15, 0.2) is 48.5 Å². The summed E-state index contributed by atoms with van der Waals surface area (Å²) in [4.78, 5) is 36.3. The maximum absolute atomic E-state index is 12.6. The molecule has 1 aliphatic heterocycles. The van der Waals surface area contributed by atoms with Gasteiger partial charge in [0.25, 0.3) is 5.69 Å². The van der Waals surface area contributed by atoms with Crippen molar-refractivity contribution in [3.8, 4) is 0 Å². The van der Waals surface area contributed by atoms with Crippen LogP contribution < -0.4 is 5.32 Å². The minimum absolute atomic E-state index is 0.0397. The zero-order chi connectivity index (χ0) is 19.4. The maximum atomic E-state index is 12.6. The van der Waals surface area contributed by atoms with Gasteiger partial charge in [0.05, 0.1) is 4.92 Å². The summed E-state index contributed by atoms with van der Waals surface area (Å²) in [6, 6.07) is 12.4. The highest BCUT2D eigenvalue weighted by Crippen LogP contribution is 2.30.